The SMILES string of the molecule is CC1CC=C(C(O)Cc2ccccc2)N1. The molecule has 15 heavy (non-hydrogen) atoms. The molecule has 1 heterocycles. The van der Waals surface area contributed by atoms with Crippen LogP contribution in [0, 0.1) is 0 Å². The minimum atomic E-state index is -0.391. The Labute approximate surface area is 90.6 Å². The van der Waals surface area contributed by atoms with Gasteiger partial charge in [0.1, 0.15) is 0 Å². The van der Waals surface area contributed by atoms with E-state index in [1.54, 1.807) is 0 Å². The van der Waals surface area contributed by atoms with Crippen molar-refractivity contribution in [2.24, 2.45) is 0 Å². The van der Waals surface area contributed by atoms with E-state index in [-0.39, 0.29) is 0 Å². The summed E-state index contributed by atoms with van der Waals surface area (Å²) in [6.45, 7) is 2.12. The summed E-state index contributed by atoms with van der Waals surface area (Å²) >= 11 is 0. The lowest BCUT2D eigenvalue weighted by Crippen LogP contribution is -2.27. The Morgan fingerprint density at radius 1 is 1.40 bits per heavy atom. The molecule has 1 aliphatic rings. The molecule has 0 saturated heterocycles. The molecule has 80 valence electrons. The first kappa shape index (κ1) is 10.2. The summed E-state index contributed by atoms with van der Waals surface area (Å²) in [5, 5.41) is 13.3. The van der Waals surface area contributed by atoms with Crippen molar-refractivity contribution < 1.29 is 5.11 Å². The van der Waals surface area contributed by atoms with Crippen LogP contribution in [0.1, 0.15) is 18.9 Å². The van der Waals surface area contributed by atoms with Gasteiger partial charge in [-0.2, -0.15) is 0 Å². The number of hydrogen-bond donors (Lipinski definition) is 2. The van der Waals surface area contributed by atoms with E-state index in [0.29, 0.717) is 12.5 Å². The molecule has 2 atom stereocenters. The van der Waals surface area contributed by atoms with Crippen molar-refractivity contribution in [3.05, 3.63) is 47.7 Å². The Kier molecular flexibility index (Phi) is 3.07. The Morgan fingerprint density at radius 2 is 2.13 bits per heavy atom. The van der Waals surface area contributed by atoms with Gasteiger partial charge in [0.25, 0.3) is 0 Å². The molecule has 1 aliphatic heterocycles. The third kappa shape index (κ3) is 2.60. The van der Waals surface area contributed by atoms with E-state index in [1.165, 1.54) is 5.56 Å². The number of benzene rings is 1. The highest BCUT2D eigenvalue weighted by atomic mass is 16.3. The van der Waals surface area contributed by atoms with Crippen molar-refractivity contribution in [3.8, 4) is 0 Å². The first-order chi connectivity index (χ1) is 7.25. The number of rotatable bonds is 3. The second kappa shape index (κ2) is 4.49. The maximum Gasteiger partial charge on any atom is 0.0971 e. The smallest absolute Gasteiger partial charge is 0.0971 e. The lowest BCUT2D eigenvalue weighted by Gasteiger charge is -2.15. The van der Waals surface area contributed by atoms with E-state index in [4.69, 9.17) is 0 Å². The summed E-state index contributed by atoms with van der Waals surface area (Å²) in [6, 6.07) is 10.5. The highest BCUT2D eigenvalue weighted by molar-refractivity contribution is 5.21. The van der Waals surface area contributed by atoms with Gasteiger partial charge in [-0.15, -0.1) is 0 Å². The van der Waals surface area contributed by atoms with E-state index in [2.05, 4.69) is 18.3 Å². The molecular weight excluding hydrogens is 186 g/mol. The zero-order valence-electron chi connectivity index (χ0n) is 8.98. The number of nitrogens with one attached hydrogen (secondary N) is 1. The Balaban J connectivity index is 1.96. The maximum atomic E-state index is 9.99. The van der Waals surface area contributed by atoms with Gasteiger partial charge in [0.15, 0.2) is 0 Å². The molecule has 0 radical (unpaired) electrons. The van der Waals surface area contributed by atoms with Gasteiger partial charge in [-0.05, 0) is 18.9 Å². The fourth-order valence-electron chi connectivity index (χ4n) is 1.89. The summed E-state index contributed by atoms with van der Waals surface area (Å²) in [6.07, 6.45) is 3.41. The standard InChI is InChI=1S/C13H17NO/c1-10-7-8-12(14-10)13(15)9-11-5-3-2-4-6-11/h2-6,8,10,13-15H,7,9H2,1H3. The molecule has 2 nitrogen and oxygen atoms in total. The van der Waals surface area contributed by atoms with Gasteiger partial charge in [0.2, 0.25) is 0 Å². The minimum Gasteiger partial charge on any atom is -0.387 e. The molecule has 2 unspecified atom stereocenters. The molecule has 0 fully saturated rings. The molecular formula is C13H17NO. The van der Waals surface area contributed by atoms with Gasteiger partial charge in [0.05, 0.1) is 6.10 Å². The van der Waals surface area contributed by atoms with Crippen molar-refractivity contribution in [2.45, 2.75) is 31.9 Å². The topological polar surface area (TPSA) is 32.3 Å². The molecule has 0 spiro atoms. The fourth-order valence-corrected chi connectivity index (χ4v) is 1.89. The van der Waals surface area contributed by atoms with Crippen LogP contribution in [0.4, 0.5) is 0 Å². The normalized spacial score (nSPS) is 22.0. The Bertz CT molecular complexity index is 345. The van der Waals surface area contributed by atoms with Crippen molar-refractivity contribution in [1.82, 2.24) is 5.32 Å². The van der Waals surface area contributed by atoms with Crippen LogP contribution in [0.5, 0.6) is 0 Å². The highest BCUT2D eigenvalue weighted by Gasteiger charge is 2.17. The van der Waals surface area contributed by atoms with Crippen LogP contribution in [0.25, 0.3) is 0 Å². The molecule has 2 rings (SSSR count). The molecule has 2 heteroatoms. The molecule has 0 aliphatic carbocycles. The van der Waals surface area contributed by atoms with Gasteiger partial charge < -0.3 is 10.4 Å². The summed E-state index contributed by atoms with van der Waals surface area (Å²) in [5.74, 6) is 0. The molecule has 1 aromatic carbocycles. The van der Waals surface area contributed by atoms with Crippen LogP contribution in [-0.2, 0) is 6.42 Å². The van der Waals surface area contributed by atoms with Crippen LogP contribution in [-0.4, -0.2) is 17.3 Å². The zero-order chi connectivity index (χ0) is 10.7. The second-order valence-electron chi connectivity index (χ2n) is 4.15. The predicted molar refractivity (Wildman–Crippen MR) is 61.5 cm³/mol. The lowest BCUT2D eigenvalue weighted by molar-refractivity contribution is 0.203. The molecule has 0 aromatic heterocycles. The van der Waals surface area contributed by atoms with E-state index < -0.39 is 6.10 Å². The van der Waals surface area contributed by atoms with Gasteiger partial charge in [-0.25, -0.2) is 0 Å². The predicted octanol–water partition coefficient (Wildman–Crippen LogP) is 1.86. The molecule has 0 amide bonds. The number of aliphatic hydroxyl groups excluding tert-OH is 1. The number of hydrogen-bond acceptors (Lipinski definition) is 2. The second-order valence-corrected chi connectivity index (χ2v) is 4.15. The Morgan fingerprint density at radius 3 is 2.73 bits per heavy atom. The summed E-state index contributed by atoms with van der Waals surface area (Å²) in [7, 11) is 0. The molecule has 0 saturated carbocycles. The first-order valence-corrected chi connectivity index (χ1v) is 5.44. The monoisotopic (exact) mass is 203 g/mol. The Hall–Kier alpha value is -1.28. The maximum absolute atomic E-state index is 9.99. The number of aliphatic hydroxyl groups is 1. The summed E-state index contributed by atoms with van der Waals surface area (Å²) < 4.78 is 0. The van der Waals surface area contributed by atoms with Crippen LogP contribution in [0.2, 0.25) is 0 Å². The van der Waals surface area contributed by atoms with Crippen LogP contribution >= 0.6 is 0 Å². The molecule has 1 aromatic rings. The highest BCUT2D eigenvalue weighted by Crippen LogP contribution is 2.15. The van der Waals surface area contributed by atoms with Gasteiger partial charge >= 0.3 is 0 Å². The average molecular weight is 203 g/mol. The van der Waals surface area contributed by atoms with E-state index in [1.807, 2.05) is 30.3 Å². The third-order valence-electron chi connectivity index (χ3n) is 2.74. The fraction of sp³-hybridized carbons (Fsp3) is 0.385. The summed E-state index contributed by atoms with van der Waals surface area (Å²) in [5.41, 5.74) is 2.15. The largest absolute Gasteiger partial charge is 0.387 e. The van der Waals surface area contributed by atoms with Crippen LogP contribution in [0.15, 0.2) is 42.1 Å². The zero-order valence-corrected chi connectivity index (χ0v) is 8.98. The van der Waals surface area contributed by atoms with Crippen molar-refractivity contribution >= 4 is 0 Å². The van der Waals surface area contributed by atoms with Crippen molar-refractivity contribution in [3.63, 3.8) is 0 Å². The van der Waals surface area contributed by atoms with Crippen molar-refractivity contribution in [1.29, 1.82) is 0 Å². The van der Waals surface area contributed by atoms with Gasteiger partial charge in [-0.3, -0.25) is 0 Å². The minimum absolute atomic E-state index is 0.391. The van der Waals surface area contributed by atoms with Crippen molar-refractivity contribution in [2.75, 3.05) is 0 Å². The van der Waals surface area contributed by atoms with Gasteiger partial charge in [-0.1, -0.05) is 36.4 Å². The summed E-state index contributed by atoms with van der Waals surface area (Å²) in [4.78, 5) is 0. The van der Waals surface area contributed by atoms with Crippen LogP contribution in [0.3, 0.4) is 0 Å². The average Bonchev–Trinajstić information content (AvgIpc) is 2.66. The molecule has 0 bridgehead atoms. The van der Waals surface area contributed by atoms with Crippen LogP contribution < -0.4 is 5.32 Å². The van der Waals surface area contributed by atoms with E-state index in [9.17, 15) is 5.11 Å². The molecule has 2 N–H and O–H groups in total. The lowest BCUT2D eigenvalue weighted by atomic mass is 10.1. The first-order valence-electron chi connectivity index (χ1n) is 5.44. The quantitative estimate of drug-likeness (QED) is 0.786. The van der Waals surface area contributed by atoms with E-state index in [0.717, 1.165) is 12.1 Å². The van der Waals surface area contributed by atoms with E-state index >= 15 is 0 Å². The third-order valence-corrected chi connectivity index (χ3v) is 2.74. The van der Waals surface area contributed by atoms with Gasteiger partial charge in [0, 0.05) is 18.2 Å².